The monoisotopic (exact) mass is 279 g/mol. The number of oxime groups is 1. The van der Waals surface area contributed by atoms with Crippen molar-refractivity contribution in [1.82, 2.24) is 14.7 Å². The first-order valence-electron chi connectivity index (χ1n) is 6.65. The Morgan fingerprint density at radius 1 is 1.50 bits per heavy atom. The molecule has 1 fully saturated rings. The molecule has 110 valence electrons. The highest BCUT2D eigenvalue weighted by molar-refractivity contribution is 5.95. The number of aromatic nitrogens is 2. The van der Waals surface area contributed by atoms with Gasteiger partial charge in [0.2, 0.25) is 0 Å². The summed E-state index contributed by atoms with van der Waals surface area (Å²) >= 11 is 0. The lowest BCUT2D eigenvalue weighted by molar-refractivity contribution is 0.0665. The molecule has 1 saturated heterocycles. The summed E-state index contributed by atoms with van der Waals surface area (Å²) in [5.41, 5.74) is 6.89. The lowest BCUT2D eigenvalue weighted by atomic mass is 9.79. The van der Waals surface area contributed by atoms with Crippen molar-refractivity contribution in [3.05, 3.63) is 17.5 Å². The highest BCUT2D eigenvalue weighted by Gasteiger charge is 2.36. The van der Waals surface area contributed by atoms with Crippen LogP contribution >= 0.6 is 0 Å². The van der Waals surface area contributed by atoms with Crippen LogP contribution in [0.4, 0.5) is 0 Å². The minimum absolute atomic E-state index is 0.00263. The lowest BCUT2D eigenvalue weighted by Crippen LogP contribution is -2.47. The van der Waals surface area contributed by atoms with Crippen molar-refractivity contribution in [3.63, 3.8) is 0 Å². The molecule has 1 aromatic heterocycles. The smallest absolute Gasteiger partial charge is 0.257 e. The van der Waals surface area contributed by atoms with E-state index >= 15 is 0 Å². The summed E-state index contributed by atoms with van der Waals surface area (Å²) in [6.07, 6.45) is 2.98. The first-order chi connectivity index (χ1) is 9.39. The average molecular weight is 279 g/mol. The van der Waals surface area contributed by atoms with Crippen molar-refractivity contribution < 1.29 is 10.0 Å². The number of carbonyl (C=O) groups is 1. The number of amidine groups is 1. The van der Waals surface area contributed by atoms with Gasteiger partial charge in [-0.05, 0) is 19.8 Å². The van der Waals surface area contributed by atoms with Crippen LogP contribution in [0.3, 0.4) is 0 Å². The Morgan fingerprint density at radius 3 is 2.55 bits per heavy atom. The number of carbonyl (C=O) groups excluding carboxylic acids is 1. The van der Waals surface area contributed by atoms with Crippen molar-refractivity contribution in [2.45, 2.75) is 26.7 Å². The van der Waals surface area contributed by atoms with Gasteiger partial charge in [-0.15, -0.1) is 0 Å². The van der Waals surface area contributed by atoms with E-state index in [-0.39, 0.29) is 17.2 Å². The summed E-state index contributed by atoms with van der Waals surface area (Å²) < 4.78 is 1.69. The van der Waals surface area contributed by atoms with Crippen LogP contribution < -0.4 is 5.73 Å². The van der Waals surface area contributed by atoms with Crippen LogP contribution in [0.15, 0.2) is 11.4 Å². The van der Waals surface area contributed by atoms with Gasteiger partial charge in [0.05, 0.1) is 11.8 Å². The largest absolute Gasteiger partial charge is 0.409 e. The number of nitrogens with zero attached hydrogens (tertiary/aromatic N) is 4. The second-order valence-electron chi connectivity index (χ2n) is 5.61. The molecule has 0 spiro atoms. The van der Waals surface area contributed by atoms with Gasteiger partial charge in [-0.1, -0.05) is 12.1 Å². The zero-order valence-electron chi connectivity index (χ0n) is 12.1. The molecule has 0 radical (unpaired) electrons. The van der Waals surface area contributed by atoms with Crippen molar-refractivity contribution in [3.8, 4) is 0 Å². The maximum atomic E-state index is 12.4. The van der Waals surface area contributed by atoms with Crippen LogP contribution in [0.5, 0.6) is 0 Å². The van der Waals surface area contributed by atoms with E-state index in [9.17, 15) is 4.79 Å². The standard InChI is InChI=1S/C13H21N5O2/c1-9-10(8-15-17(9)3)11(19)18-6-4-13(2,5-7-18)12(14)16-20/h8,20H,4-7H2,1-3H3,(H2,14,16). The molecule has 0 bridgehead atoms. The number of hydrogen-bond acceptors (Lipinski definition) is 4. The maximum Gasteiger partial charge on any atom is 0.257 e. The van der Waals surface area contributed by atoms with Gasteiger partial charge in [-0.3, -0.25) is 9.48 Å². The number of rotatable bonds is 2. The molecule has 2 rings (SSSR count). The van der Waals surface area contributed by atoms with Crippen molar-refractivity contribution in [1.29, 1.82) is 0 Å². The van der Waals surface area contributed by atoms with Gasteiger partial charge < -0.3 is 15.8 Å². The molecule has 7 nitrogen and oxygen atoms in total. The van der Waals surface area contributed by atoms with Crippen molar-refractivity contribution in [2.24, 2.45) is 23.4 Å². The third-order valence-corrected chi connectivity index (χ3v) is 4.35. The van der Waals surface area contributed by atoms with Crippen molar-refractivity contribution in [2.75, 3.05) is 13.1 Å². The number of aryl methyl sites for hydroxylation is 1. The molecule has 0 aromatic carbocycles. The molecular weight excluding hydrogens is 258 g/mol. The van der Waals surface area contributed by atoms with Crippen LogP contribution in [-0.2, 0) is 7.05 Å². The van der Waals surface area contributed by atoms with Gasteiger partial charge in [-0.25, -0.2) is 0 Å². The highest BCUT2D eigenvalue weighted by Crippen LogP contribution is 2.31. The third-order valence-electron chi connectivity index (χ3n) is 4.35. The Morgan fingerprint density at radius 2 is 2.10 bits per heavy atom. The molecule has 2 heterocycles. The van der Waals surface area contributed by atoms with E-state index in [0.717, 1.165) is 5.69 Å². The molecule has 3 N–H and O–H groups in total. The lowest BCUT2D eigenvalue weighted by Gasteiger charge is -2.38. The fourth-order valence-electron chi connectivity index (χ4n) is 2.46. The Labute approximate surface area is 118 Å². The van der Waals surface area contributed by atoms with Gasteiger partial charge in [0.1, 0.15) is 5.84 Å². The molecule has 1 amide bonds. The van der Waals surface area contributed by atoms with E-state index in [0.29, 0.717) is 31.5 Å². The minimum Gasteiger partial charge on any atom is -0.409 e. The molecule has 0 saturated carbocycles. The second-order valence-corrected chi connectivity index (χ2v) is 5.61. The topological polar surface area (TPSA) is 96.7 Å². The summed E-state index contributed by atoms with van der Waals surface area (Å²) in [4.78, 5) is 14.2. The van der Waals surface area contributed by atoms with E-state index in [1.54, 1.807) is 15.8 Å². The zero-order chi connectivity index (χ0) is 14.9. The summed E-state index contributed by atoms with van der Waals surface area (Å²) in [5, 5.41) is 16.0. The van der Waals surface area contributed by atoms with E-state index in [1.165, 1.54) is 0 Å². The summed E-state index contributed by atoms with van der Waals surface area (Å²) in [6, 6.07) is 0. The van der Waals surface area contributed by atoms with Crippen LogP contribution in [0, 0.1) is 12.3 Å². The third kappa shape index (κ3) is 2.35. The highest BCUT2D eigenvalue weighted by atomic mass is 16.4. The molecule has 1 aromatic rings. The predicted octanol–water partition coefficient (Wildman–Crippen LogP) is 0.717. The Kier molecular flexibility index (Phi) is 3.69. The van der Waals surface area contributed by atoms with E-state index in [2.05, 4.69) is 10.3 Å². The molecule has 1 aliphatic heterocycles. The van der Waals surface area contributed by atoms with Gasteiger partial charge in [0.25, 0.3) is 5.91 Å². The second kappa shape index (κ2) is 5.15. The van der Waals surface area contributed by atoms with E-state index < -0.39 is 0 Å². The van der Waals surface area contributed by atoms with Crippen LogP contribution in [0.25, 0.3) is 0 Å². The molecule has 20 heavy (non-hydrogen) atoms. The molecule has 7 heteroatoms. The van der Waals surface area contributed by atoms with Crippen LogP contribution in [0.1, 0.15) is 35.8 Å². The van der Waals surface area contributed by atoms with Crippen LogP contribution in [0.2, 0.25) is 0 Å². The van der Waals surface area contributed by atoms with Gasteiger partial charge in [-0.2, -0.15) is 5.10 Å². The average Bonchev–Trinajstić information content (AvgIpc) is 2.78. The Hall–Kier alpha value is -2.05. The number of amides is 1. The number of likely N-dealkylation sites (tertiary alicyclic amines) is 1. The minimum atomic E-state index is -0.338. The van der Waals surface area contributed by atoms with E-state index in [4.69, 9.17) is 10.9 Å². The molecule has 0 aliphatic carbocycles. The van der Waals surface area contributed by atoms with Crippen LogP contribution in [-0.4, -0.2) is 44.7 Å². The maximum absolute atomic E-state index is 12.4. The Bertz CT molecular complexity index is 541. The van der Waals surface area contributed by atoms with E-state index in [1.807, 2.05) is 20.9 Å². The molecular formula is C13H21N5O2. The number of nitrogens with two attached hydrogens (primary N) is 1. The first kappa shape index (κ1) is 14.4. The van der Waals surface area contributed by atoms with Crippen molar-refractivity contribution >= 4 is 11.7 Å². The fourth-order valence-corrected chi connectivity index (χ4v) is 2.46. The predicted molar refractivity (Wildman–Crippen MR) is 74.6 cm³/mol. The summed E-state index contributed by atoms with van der Waals surface area (Å²) in [5.74, 6) is 0.235. The number of hydrogen-bond donors (Lipinski definition) is 2. The number of piperidine rings is 1. The fraction of sp³-hybridized carbons (Fsp3) is 0.615. The van der Waals surface area contributed by atoms with Gasteiger partial charge in [0.15, 0.2) is 0 Å². The molecule has 0 atom stereocenters. The normalized spacial score (nSPS) is 19.1. The van der Waals surface area contributed by atoms with Gasteiger partial charge in [0, 0.05) is 31.2 Å². The quantitative estimate of drug-likeness (QED) is 0.361. The molecule has 1 aliphatic rings. The van der Waals surface area contributed by atoms with Gasteiger partial charge >= 0.3 is 0 Å². The summed E-state index contributed by atoms with van der Waals surface area (Å²) in [7, 11) is 1.82. The summed E-state index contributed by atoms with van der Waals surface area (Å²) in [6.45, 7) is 5.03. The molecule has 0 unspecified atom stereocenters. The first-order valence-corrected chi connectivity index (χ1v) is 6.65. The zero-order valence-corrected chi connectivity index (χ0v) is 12.1. The Balaban J connectivity index is 2.08. The SMILES string of the molecule is Cc1c(C(=O)N2CCC(C)(C(N)=NO)CC2)cnn1C.